The number of carboxylic acids is 1. The van der Waals surface area contributed by atoms with Crippen molar-refractivity contribution in [1.82, 2.24) is 19.7 Å². The van der Waals surface area contributed by atoms with Crippen molar-refractivity contribution in [1.29, 1.82) is 0 Å². The fourth-order valence-corrected chi connectivity index (χ4v) is 6.06. The van der Waals surface area contributed by atoms with Crippen LogP contribution in [0.2, 0.25) is 10.0 Å². The van der Waals surface area contributed by atoms with E-state index in [1.165, 1.54) is 0 Å². The Labute approximate surface area is 210 Å². The van der Waals surface area contributed by atoms with E-state index < -0.39 is 11.4 Å². The van der Waals surface area contributed by atoms with Crippen LogP contribution in [0, 0.1) is 17.8 Å². The third-order valence-electron chi connectivity index (χ3n) is 7.68. The van der Waals surface area contributed by atoms with Crippen LogP contribution in [0.4, 0.5) is 0 Å². The molecule has 0 radical (unpaired) electrons. The Balaban J connectivity index is 1.55. The van der Waals surface area contributed by atoms with Crippen molar-refractivity contribution in [2.45, 2.75) is 78.3 Å². The molecular formula is C25H32Cl2N4O3. The molecule has 2 aromatic heterocycles. The number of rotatable bonds is 5. The molecule has 34 heavy (non-hydrogen) atoms. The third kappa shape index (κ3) is 4.69. The number of hydrogen-bond donors (Lipinski definition) is 1. The Morgan fingerprint density at radius 1 is 1.12 bits per heavy atom. The van der Waals surface area contributed by atoms with Crippen LogP contribution in [0.1, 0.15) is 80.5 Å². The lowest BCUT2D eigenvalue weighted by Gasteiger charge is -2.34. The minimum absolute atomic E-state index is 0.0269. The molecule has 0 aromatic carbocycles. The third-order valence-corrected chi connectivity index (χ3v) is 8.33. The minimum atomic E-state index is -0.740. The maximum absolute atomic E-state index is 13.7. The van der Waals surface area contributed by atoms with E-state index in [1.807, 2.05) is 23.4 Å². The maximum atomic E-state index is 13.7. The van der Waals surface area contributed by atoms with Crippen LogP contribution >= 0.6 is 23.2 Å². The Hall–Kier alpha value is -2.12. The molecule has 7 nitrogen and oxygen atoms in total. The number of amides is 1. The zero-order valence-electron chi connectivity index (χ0n) is 20.1. The van der Waals surface area contributed by atoms with Crippen LogP contribution in [-0.2, 0) is 11.2 Å². The molecule has 1 atom stereocenters. The quantitative estimate of drug-likeness (QED) is 0.571. The van der Waals surface area contributed by atoms with Gasteiger partial charge in [0.05, 0.1) is 33.3 Å². The van der Waals surface area contributed by atoms with Gasteiger partial charge in [-0.3, -0.25) is 19.3 Å². The van der Waals surface area contributed by atoms with Crippen molar-refractivity contribution in [2.24, 2.45) is 10.8 Å². The molecule has 1 aliphatic heterocycles. The summed E-state index contributed by atoms with van der Waals surface area (Å²) in [6.07, 6.45) is 8.92. The van der Waals surface area contributed by atoms with Crippen molar-refractivity contribution in [2.75, 3.05) is 6.54 Å². The van der Waals surface area contributed by atoms with E-state index in [2.05, 4.69) is 23.9 Å². The van der Waals surface area contributed by atoms with E-state index in [0.29, 0.717) is 41.4 Å². The predicted molar refractivity (Wildman–Crippen MR) is 131 cm³/mol. The molecule has 9 heteroatoms. The van der Waals surface area contributed by atoms with Crippen LogP contribution in [0.5, 0.6) is 0 Å². The van der Waals surface area contributed by atoms with Crippen molar-refractivity contribution in [3.8, 4) is 0 Å². The summed E-state index contributed by atoms with van der Waals surface area (Å²) >= 11 is 12.8. The maximum Gasteiger partial charge on any atom is 0.309 e. The first-order chi connectivity index (χ1) is 15.9. The first-order valence-corrected chi connectivity index (χ1v) is 12.5. The van der Waals surface area contributed by atoms with E-state index >= 15 is 0 Å². The molecule has 2 aliphatic rings. The standard InChI is InChI=1S/C25H32Cl2N4O3/c1-15-19(11-29-31(15)16-5-7-25(4,8-6-16)23(33)34)22(32)30-14-24(2,3)10-17(30)9-18-20(26)12-28-13-21(18)27/h11-13,16-17H,5-10,14H2,1-4H3,(H,33,34)/t16-,17-,25-/m0/s1. The van der Waals surface area contributed by atoms with Gasteiger partial charge in [-0.1, -0.05) is 37.0 Å². The van der Waals surface area contributed by atoms with Gasteiger partial charge in [-0.25, -0.2) is 0 Å². The topological polar surface area (TPSA) is 88.3 Å². The number of likely N-dealkylation sites (tertiary alicyclic amines) is 1. The van der Waals surface area contributed by atoms with Crippen LogP contribution in [0.15, 0.2) is 18.6 Å². The highest BCUT2D eigenvalue weighted by atomic mass is 35.5. The highest BCUT2D eigenvalue weighted by Gasteiger charge is 2.42. The second kappa shape index (κ2) is 9.15. The number of nitrogens with zero attached hydrogens (tertiary/aromatic N) is 4. The van der Waals surface area contributed by atoms with E-state index in [9.17, 15) is 14.7 Å². The predicted octanol–water partition coefficient (Wildman–Crippen LogP) is 5.58. The van der Waals surface area contributed by atoms with Crippen molar-refractivity contribution < 1.29 is 14.7 Å². The first-order valence-electron chi connectivity index (χ1n) is 11.8. The Morgan fingerprint density at radius 2 is 1.74 bits per heavy atom. The summed E-state index contributed by atoms with van der Waals surface area (Å²) in [5.41, 5.74) is 1.54. The number of carboxylic acid groups (broad SMARTS) is 1. The number of aliphatic carboxylic acids is 1. The number of aromatic nitrogens is 3. The summed E-state index contributed by atoms with van der Waals surface area (Å²) in [6.45, 7) is 8.72. The molecule has 1 saturated heterocycles. The molecule has 1 aliphatic carbocycles. The molecule has 2 aromatic rings. The zero-order valence-corrected chi connectivity index (χ0v) is 21.7. The monoisotopic (exact) mass is 506 g/mol. The first kappa shape index (κ1) is 25.0. The van der Waals surface area contributed by atoms with Gasteiger partial charge >= 0.3 is 5.97 Å². The molecule has 0 bridgehead atoms. The molecule has 0 unspecified atom stereocenters. The molecular weight excluding hydrogens is 475 g/mol. The Bertz CT molecular complexity index is 1090. The number of carbonyl (C=O) groups is 2. The smallest absolute Gasteiger partial charge is 0.309 e. The van der Waals surface area contributed by atoms with Crippen LogP contribution in [0.25, 0.3) is 0 Å². The van der Waals surface area contributed by atoms with Crippen LogP contribution in [-0.4, -0.2) is 49.2 Å². The molecule has 2 fully saturated rings. The minimum Gasteiger partial charge on any atom is -0.481 e. The van der Waals surface area contributed by atoms with Gasteiger partial charge in [-0.15, -0.1) is 0 Å². The SMILES string of the molecule is Cc1c(C(=O)N2CC(C)(C)C[C@@H]2Cc2c(Cl)cncc2Cl)cnn1[C@H]1CC[C@](C)(C(=O)O)CC1. The highest BCUT2D eigenvalue weighted by molar-refractivity contribution is 6.35. The molecule has 1 saturated carbocycles. The van der Waals surface area contributed by atoms with Crippen LogP contribution < -0.4 is 0 Å². The molecule has 1 N–H and O–H groups in total. The summed E-state index contributed by atoms with van der Waals surface area (Å²) < 4.78 is 1.92. The second-order valence-electron chi connectivity index (χ2n) is 10.9. The van der Waals surface area contributed by atoms with E-state index in [1.54, 1.807) is 18.6 Å². The van der Waals surface area contributed by atoms with E-state index in [4.69, 9.17) is 23.2 Å². The van der Waals surface area contributed by atoms with Gasteiger partial charge in [0.15, 0.2) is 0 Å². The van der Waals surface area contributed by atoms with Gasteiger partial charge < -0.3 is 10.0 Å². The summed E-state index contributed by atoms with van der Waals surface area (Å²) in [5, 5.41) is 15.1. The second-order valence-corrected chi connectivity index (χ2v) is 11.7. The molecule has 3 heterocycles. The van der Waals surface area contributed by atoms with Gasteiger partial charge in [0.2, 0.25) is 0 Å². The summed E-state index contributed by atoms with van der Waals surface area (Å²) in [6, 6.07) is 0.0721. The van der Waals surface area contributed by atoms with Gasteiger partial charge in [-0.05, 0) is 63.4 Å². The molecule has 4 rings (SSSR count). The average molecular weight is 507 g/mol. The fourth-order valence-electron chi connectivity index (χ4n) is 5.55. The van der Waals surface area contributed by atoms with Gasteiger partial charge in [0, 0.05) is 30.7 Å². The number of pyridine rings is 1. The lowest BCUT2D eigenvalue weighted by Crippen LogP contribution is -2.38. The van der Waals surface area contributed by atoms with E-state index in [-0.39, 0.29) is 23.4 Å². The average Bonchev–Trinajstić information content (AvgIpc) is 3.29. The number of carbonyl (C=O) groups excluding carboxylic acids is 1. The summed E-state index contributed by atoms with van der Waals surface area (Å²) in [7, 11) is 0. The Morgan fingerprint density at radius 3 is 2.32 bits per heavy atom. The Kier molecular flexibility index (Phi) is 6.73. The largest absolute Gasteiger partial charge is 0.481 e. The lowest BCUT2D eigenvalue weighted by molar-refractivity contribution is -0.150. The van der Waals surface area contributed by atoms with Crippen LogP contribution in [0.3, 0.4) is 0 Å². The normalized spacial score (nSPS) is 26.6. The summed E-state index contributed by atoms with van der Waals surface area (Å²) in [5.74, 6) is -0.775. The van der Waals surface area contributed by atoms with Gasteiger partial charge in [0.1, 0.15) is 0 Å². The number of hydrogen-bond acceptors (Lipinski definition) is 4. The van der Waals surface area contributed by atoms with Crippen molar-refractivity contribution in [3.05, 3.63) is 45.5 Å². The van der Waals surface area contributed by atoms with Gasteiger partial charge in [0.25, 0.3) is 5.91 Å². The highest BCUT2D eigenvalue weighted by Crippen LogP contribution is 2.42. The zero-order chi connectivity index (χ0) is 24.8. The van der Waals surface area contributed by atoms with Crippen molar-refractivity contribution in [3.63, 3.8) is 0 Å². The number of halogens is 2. The molecule has 1 amide bonds. The molecule has 0 spiro atoms. The fraction of sp³-hybridized carbons (Fsp3) is 0.600. The summed E-state index contributed by atoms with van der Waals surface area (Å²) in [4.78, 5) is 31.3. The van der Waals surface area contributed by atoms with Crippen molar-refractivity contribution >= 4 is 35.1 Å². The molecule has 184 valence electrons. The lowest BCUT2D eigenvalue weighted by atomic mass is 9.74. The van der Waals surface area contributed by atoms with E-state index in [0.717, 1.165) is 30.5 Å². The van der Waals surface area contributed by atoms with Gasteiger partial charge in [-0.2, -0.15) is 5.10 Å².